The van der Waals surface area contributed by atoms with Crippen molar-refractivity contribution in [2.24, 2.45) is 10.8 Å². The summed E-state index contributed by atoms with van der Waals surface area (Å²) in [7, 11) is 0. The predicted molar refractivity (Wildman–Crippen MR) is 131 cm³/mol. The number of carbonyl (C=O) groups excluding carboxylic acids is 1. The number of carbonyl (C=O) groups is 1. The molecule has 0 spiro atoms. The van der Waals surface area contributed by atoms with E-state index in [2.05, 4.69) is 80.7 Å². The van der Waals surface area contributed by atoms with Crippen LogP contribution in [-0.4, -0.2) is 5.78 Å². The lowest BCUT2D eigenvalue weighted by Gasteiger charge is -2.56. The lowest BCUT2D eigenvalue weighted by atomic mass is 9.46. The van der Waals surface area contributed by atoms with Crippen molar-refractivity contribution in [2.45, 2.75) is 13.8 Å². The quantitative estimate of drug-likeness (QED) is 0.488. The van der Waals surface area contributed by atoms with Gasteiger partial charge in [0.25, 0.3) is 0 Å². The maximum absolute atomic E-state index is 12.8. The first-order valence-corrected chi connectivity index (χ1v) is 11.2. The van der Waals surface area contributed by atoms with Gasteiger partial charge >= 0.3 is 0 Å². The average Bonchev–Trinajstić information content (AvgIpc) is 2.83. The Kier molecular flexibility index (Phi) is 3.95. The molecule has 2 atom stereocenters. The minimum Gasteiger partial charge on any atom is -0.289 e. The zero-order valence-corrected chi connectivity index (χ0v) is 18.3. The van der Waals surface area contributed by atoms with Crippen LogP contribution in [0.1, 0.15) is 35.3 Å². The van der Waals surface area contributed by atoms with E-state index in [9.17, 15) is 4.79 Å². The zero-order valence-electron chi connectivity index (χ0n) is 18.3. The summed E-state index contributed by atoms with van der Waals surface area (Å²) < 4.78 is 0. The van der Waals surface area contributed by atoms with Gasteiger partial charge in [-0.25, -0.2) is 0 Å². The molecule has 6 rings (SSSR count). The molecule has 0 radical (unpaired) electrons. The van der Waals surface area contributed by atoms with E-state index in [0.29, 0.717) is 5.56 Å². The smallest absolute Gasteiger partial charge is 0.193 e. The van der Waals surface area contributed by atoms with E-state index in [-0.39, 0.29) is 16.6 Å². The minimum atomic E-state index is -0.134. The van der Waals surface area contributed by atoms with Gasteiger partial charge in [-0.1, -0.05) is 123 Å². The number of hydrogen-bond acceptors (Lipinski definition) is 1. The third-order valence-corrected chi connectivity index (χ3v) is 7.91. The molecule has 4 aliphatic carbocycles. The normalized spacial score (nSPS) is 26.9. The highest BCUT2D eigenvalue weighted by Gasteiger charge is 2.56. The molecule has 0 unspecified atom stereocenters. The second-order valence-electron chi connectivity index (χ2n) is 9.24. The number of benzene rings is 2. The molecule has 0 N–H and O–H groups in total. The fourth-order valence-electron chi connectivity index (χ4n) is 5.83. The lowest BCUT2D eigenvalue weighted by molar-refractivity contribution is 0.103. The number of rotatable bonds is 3. The largest absolute Gasteiger partial charge is 0.289 e. The van der Waals surface area contributed by atoms with Crippen molar-refractivity contribution in [3.8, 4) is 0 Å². The summed E-state index contributed by atoms with van der Waals surface area (Å²) in [5.74, 6) is 0.0575. The van der Waals surface area contributed by atoms with E-state index in [4.69, 9.17) is 0 Å². The SMILES string of the molecule is C[C@]12C3=CC=CC1=CC=C1C=CC(c4ccc(C(=O)c5ccccc5)cc4)=C(C=C3)[C@@]12C. The third-order valence-electron chi connectivity index (χ3n) is 7.91. The van der Waals surface area contributed by atoms with Crippen molar-refractivity contribution in [2.75, 3.05) is 0 Å². The number of ketones is 1. The molecule has 0 aliphatic heterocycles. The van der Waals surface area contributed by atoms with Crippen LogP contribution in [0, 0.1) is 10.8 Å². The minimum absolute atomic E-state index is 0.0575. The van der Waals surface area contributed by atoms with Crippen LogP contribution < -0.4 is 0 Å². The van der Waals surface area contributed by atoms with E-state index in [1.54, 1.807) is 0 Å². The summed E-state index contributed by atoms with van der Waals surface area (Å²) in [6.07, 6.45) is 20.3. The molecule has 0 bridgehead atoms. The first-order chi connectivity index (χ1) is 15.5. The molecule has 4 aliphatic rings. The van der Waals surface area contributed by atoms with Gasteiger partial charge in [0.15, 0.2) is 5.78 Å². The molecule has 0 amide bonds. The zero-order chi connectivity index (χ0) is 21.9. The highest BCUT2D eigenvalue weighted by atomic mass is 16.1. The molecule has 0 heterocycles. The molecule has 2 aromatic carbocycles. The Morgan fingerprint density at radius 1 is 0.625 bits per heavy atom. The second kappa shape index (κ2) is 6.64. The summed E-state index contributed by atoms with van der Waals surface area (Å²) in [5, 5.41) is 0. The van der Waals surface area contributed by atoms with Crippen LogP contribution in [0.3, 0.4) is 0 Å². The van der Waals surface area contributed by atoms with Crippen LogP contribution in [0.5, 0.6) is 0 Å². The van der Waals surface area contributed by atoms with E-state index in [1.165, 1.54) is 27.9 Å². The molecule has 0 aromatic heterocycles. The van der Waals surface area contributed by atoms with Crippen molar-refractivity contribution in [1.29, 1.82) is 0 Å². The third kappa shape index (κ3) is 2.37. The van der Waals surface area contributed by atoms with Crippen LogP contribution in [0.2, 0.25) is 0 Å². The van der Waals surface area contributed by atoms with Crippen molar-refractivity contribution in [1.82, 2.24) is 0 Å². The fraction of sp³-hybridized carbons (Fsp3) is 0.129. The number of hydrogen-bond donors (Lipinski definition) is 0. The van der Waals surface area contributed by atoms with E-state index >= 15 is 0 Å². The molecule has 1 heteroatoms. The van der Waals surface area contributed by atoms with Gasteiger partial charge < -0.3 is 0 Å². The van der Waals surface area contributed by atoms with Gasteiger partial charge in [-0.3, -0.25) is 4.79 Å². The van der Waals surface area contributed by atoms with Gasteiger partial charge in [-0.05, 0) is 33.4 Å². The van der Waals surface area contributed by atoms with Gasteiger partial charge in [0, 0.05) is 22.0 Å². The van der Waals surface area contributed by atoms with E-state index in [1.807, 2.05) is 42.5 Å². The van der Waals surface area contributed by atoms with Crippen LogP contribution in [-0.2, 0) is 0 Å². The maximum atomic E-state index is 12.8. The first-order valence-electron chi connectivity index (χ1n) is 11.2. The Morgan fingerprint density at radius 3 is 2.00 bits per heavy atom. The molecule has 2 aromatic rings. The maximum Gasteiger partial charge on any atom is 0.193 e. The highest BCUT2D eigenvalue weighted by Crippen LogP contribution is 2.65. The Balaban J connectivity index is 1.46. The van der Waals surface area contributed by atoms with E-state index < -0.39 is 0 Å². The van der Waals surface area contributed by atoms with Gasteiger partial charge in [0.05, 0.1) is 0 Å². The fourth-order valence-corrected chi connectivity index (χ4v) is 5.83. The molecule has 1 nitrogen and oxygen atoms in total. The molecule has 32 heavy (non-hydrogen) atoms. The van der Waals surface area contributed by atoms with Gasteiger partial charge in [0.1, 0.15) is 0 Å². The number of allylic oxidation sites excluding steroid dienone is 14. The molecule has 0 saturated heterocycles. The Labute approximate surface area is 189 Å². The van der Waals surface area contributed by atoms with Crippen molar-refractivity contribution >= 4 is 11.4 Å². The van der Waals surface area contributed by atoms with Gasteiger partial charge in [0.2, 0.25) is 0 Å². The summed E-state index contributed by atoms with van der Waals surface area (Å²) >= 11 is 0. The summed E-state index contributed by atoms with van der Waals surface area (Å²) in [5.41, 5.74) is 9.01. The van der Waals surface area contributed by atoms with Crippen LogP contribution >= 0.6 is 0 Å². The van der Waals surface area contributed by atoms with Crippen LogP contribution in [0.25, 0.3) is 5.57 Å². The van der Waals surface area contributed by atoms with Gasteiger partial charge in [-0.15, -0.1) is 0 Å². The van der Waals surface area contributed by atoms with Crippen molar-refractivity contribution in [3.63, 3.8) is 0 Å². The molecule has 0 fully saturated rings. The molecule has 0 saturated carbocycles. The van der Waals surface area contributed by atoms with Crippen molar-refractivity contribution in [3.05, 3.63) is 148 Å². The standard InChI is InChI=1S/C31H24O/c1-30-24-9-6-10-25(30)18-20-28-27(19-17-26(16-15-24)31(28,30)2)21-11-13-23(14-12-21)29(32)22-7-4-3-5-8-22/h3-20H,1-2H3/t30-,31-/m1/s1. The lowest BCUT2D eigenvalue weighted by Crippen LogP contribution is -2.47. The Morgan fingerprint density at radius 2 is 1.25 bits per heavy atom. The molecular formula is C31H24O. The second-order valence-corrected chi connectivity index (χ2v) is 9.24. The molecule has 154 valence electrons. The summed E-state index contributed by atoms with van der Waals surface area (Å²) in [4.78, 5) is 12.8. The van der Waals surface area contributed by atoms with Gasteiger partial charge in [-0.2, -0.15) is 0 Å². The van der Waals surface area contributed by atoms with Crippen LogP contribution in [0.4, 0.5) is 0 Å². The summed E-state index contributed by atoms with van der Waals surface area (Å²) in [6.45, 7) is 4.76. The Bertz CT molecular complexity index is 1370. The highest BCUT2D eigenvalue weighted by molar-refractivity contribution is 6.09. The summed E-state index contributed by atoms with van der Waals surface area (Å²) in [6, 6.07) is 17.5. The monoisotopic (exact) mass is 412 g/mol. The topological polar surface area (TPSA) is 17.1 Å². The average molecular weight is 413 g/mol. The Hall–Kier alpha value is -3.71. The van der Waals surface area contributed by atoms with E-state index in [0.717, 1.165) is 11.1 Å². The predicted octanol–water partition coefficient (Wildman–Crippen LogP) is 7.19. The first kappa shape index (κ1) is 19.0. The van der Waals surface area contributed by atoms with Crippen LogP contribution in [0.15, 0.2) is 132 Å². The molecular weight excluding hydrogens is 388 g/mol. The van der Waals surface area contributed by atoms with Crippen molar-refractivity contribution < 1.29 is 4.79 Å².